The summed E-state index contributed by atoms with van der Waals surface area (Å²) in [5.41, 5.74) is 1.74. The first kappa shape index (κ1) is 16.1. The molecule has 0 radical (unpaired) electrons. The highest BCUT2D eigenvalue weighted by atomic mass is 16.5. The van der Waals surface area contributed by atoms with Crippen molar-refractivity contribution in [3.8, 4) is 0 Å². The van der Waals surface area contributed by atoms with Crippen LogP contribution in [-0.2, 0) is 11.2 Å². The number of hydrogen-bond acceptors (Lipinski definition) is 4. The van der Waals surface area contributed by atoms with Gasteiger partial charge in [-0.15, -0.1) is 0 Å². The lowest BCUT2D eigenvalue weighted by atomic mass is 9.91. The summed E-state index contributed by atoms with van der Waals surface area (Å²) >= 11 is 0. The Hall–Kier alpha value is -1.26. The van der Waals surface area contributed by atoms with Gasteiger partial charge in [-0.05, 0) is 38.8 Å². The van der Waals surface area contributed by atoms with Crippen LogP contribution in [0, 0.1) is 0 Å². The van der Waals surface area contributed by atoms with Crippen molar-refractivity contribution in [3.05, 3.63) is 29.6 Å². The molecule has 1 fully saturated rings. The predicted molar refractivity (Wildman–Crippen MR) is 83.6 cm³/mol. The summed E-state index contributed by atoms with van der Waals surface area (Å²) in [6.45, 7) is 8.41. The maximum Gasteiger partial charge on any atom is 0.180 e. The van der Waals surface area contributed by atoms with Crippen molar-refractivity contribution in [2.45, 2.75) is 51.7 Å². The van der Waals surface area contributed by atoms with Crippen molar-refractivity contribution in [1.29, 1.82) is 0 Å². The molecule has 2 rings (SSSR count). The Bertz CT molecular complexity index is 493. The first-order valence-corrected chi connectivity index (χ1v) is 7.73. The molecule has 21 heavy (non-hydrogen) atoms. The Morgan fingerprint density at radius 3 is 2.76 bits per heavy atom. The zero-order valence-electron chi connectivity index (χ0n) is 13.6. The Labute approximate surface area is 127 Å². The molecule has 1 aromatic heterocycles. The molecule has 2 heterocycles. The Balaban J connectivity index is 1.92. The third-order valence-electron chi connectivity index (χ3n) is 4.44. The smallest absolute Gasteiger partial charge is 0.180 e. The van der Waals surface area contributed by atoms with Gasteiger partial charge in [-0.1, -0.05) is 13.0 Å². The van der Waals surface area contributed by atoms with E-state index in [-0.39, 0.29) is 11.3 Å². The molecule has 0 atom stereocenters. The van der Waals surface area contributed by atoms with Crippen LogP contribution in [0.3, 0.4) is 0 Å². The summed E-state index contributed by atoms with van der Waals surface area (Å²) in [4.78, 5) is 18.6. The molecule has 0 aromatic carbocycles. The van der Waals surface area contributed by atoms with Gasteiger partial charge in [0, 0.05) is 37.9 Å². The zero-order valence-corrected chi connectivity index (χ0v) is 13.6. The standard InChI is InChI=1S/C17H26N2O2/c1-5-16(20)15-8-6-7-13(18-15)9-10-17(2,3)19-11-14(12-19)21-4/h6-8,14H,5,9-12H2,1-4H3. The van der Waals surface area contributed by atoms with Crippen molar-refractivity contribution in [1.82, 2.24) is 9.88 Å². The normalized spacial score (nSPS) is 16.8. The average Bonchev–Trinajstić information content (AvgIpc) is 2.43. The third-order valence-corrected chi connectivity index (χ3v) is 4.44. The Morgan fingerprint density at radius 2 is 2.14 bits per heavy atom. The molecule has 4 heteroatoms. The van der Waals surface area contributed by atoms with E-state index in [2.05, 4.69) is 23.7 Å². The van der Waals surface area contributed by atoms with E-state index in [1.165, 1.54) is 0 Å². The number of aromatic nitrogens is 1. The van der Waals surface area contributed by atoms with Gasteiger partial charge in [0.05, 0.1) is 6.10 Å². The monoisotopic (exact) mass is 290 g/mol. The lowest BCUT2D eigenvalue weighted by Gasteiger charge is -2.48. The van der Waals surface area contributed by atoms with Crippen LogP contribution in [0.2, 0.25) is 0 Å². The van der Waals surface area contributed by atoms with Gasteiger partial charge in [-0.2, -0.15) is 0 Å². The van der Waals surface area contributed by atoms with E-state index in [9.17, 15) is 4.79 Å². The van der Waals surface area contributed by atoms with E-state index in [4.69, 9.17) is 4.74 Å². The number of hydrogen-bond donors (Lipinski definition) is 0. The van der Waals surface area contributed by atoms with Gasteiger partial charge in [-0.25, -0.2) is 4.98 Å². The molecule has 0 saturated carbocycles. The molecule has 0 spiro atoms. The summed E-state index contributed by atoms with van der Waals surface area (Å²) in [5, 5.41) is 0. The van der Waals surface area contributed by atoms with Crippen molar-refractivity contribution < 1.29 is 9.53 Å². The molecule has 1 aliphatic heterocycles. The number of nitrogens with zero attached hydrogens (tertiary/aromatic N) is 2. The molecule has 116 valence electrons. The zero-order chi connectivity index (χ0) is 15.5. The van der Waals surface area contributed by atoms with E-state index >= 15 is 0 Å². The van der Waals surface area contributed by atoms with Gasteiger partial charge in [0.15, 0.2) is 5.78 Å². The molecule has 0 aliphatic carbocycles. The topological polar surface area (TPSA) is 42.4 Å². The number of carbonyl (C=O) groups excluding carboxylic acids is 1. The molecular formula is C17H26N2O2. The minimum Gasteiger partial charge on any atom is -0.379 e. The highest BCUT2D eigenvalue weighted by molar-refractivity contribution is 5.93. The highest BCUT2D eigenvalue weighted by Crippen LogP contribution is 2.27. The summed E-state index contributed by atoms with van der Waals surface area (Å²) in [7, 11) is 1.77. The molecule has 1 aliphatic rings. The van der Waals surface area contributed by atoms with Gasteiger partial charge in [0.25, 0.3) is 0 Å². The first-order valence-electron chi connectivity index (χ1n) is 7.73. The van der Waals surface area contributed by atoms with Gasteiger partial charge in [-0.3, -0.25) is 9.69 Å². The lowest BCUT2D eigenvalue weighted by Crippen LogP contribution is -2.60. The van der Waals surface area contributed by atoms with Crippen molar-refractivity contribution in [2.75, 3.05) is 20.2 Å². The minimum atomic E-state index is 0.113. The van der Waals surface area contributed by atoms with Crippen molar-refractivity contribution in [2.24, 2.45) is 0 Å². The van der Waals surface area contributed by atoms with Crippen LogP contribution in [0.25, 0.3) is 0 Å². The SMILES string of the molecule is CCC(=O)c1cccc(CCC(C)(C)N2CC(OC)C2)n1. The fraction of sp³-hybridized carbons (Fsp3) is 0.647. The molecule has 1 aromatic rings. The number of aryl methyl sites for hydroxylation is 1. The Morgan fingerprint density at radius 1 is 1.43 bits per heavy atom. The van der Waals surface area contributed by atoms with Gasteiger partial charge < -0.3 is 4.74 Å². The summed E-state index contributed by atoms with van der Waals surface area (Å²) < 4.78 is 5.34. The molecule has 1 saturated heterocycles. The first-order chi connectivity index (χ1) is 9.96. The number of likely N-dealkylation sites (tertiary alicyclic amines) is 1. The second-order valence-corrected chi connectivity index (χ2v) is 6.37. The number of carbonyl (C=O) groups is 1. The van der Waals surface area contributed by atoms with Crippen molar-refractivity contribution in [3.63, 3.8) is 0 Å². The minimum absolute atomic E-state index is 0.113. The van der Waals surface area contributed by atoms with Gasteiger partial charge in [0.2, 0.25) is 0 Å². The summed E-state index contributed by atoms with van der Waals surface area (Å²) in [5.74, 6) is 0.113. The van der Waals surface area contributed by atoms with E-state index in [1.807, 2.05) is 19.1 Å². The third kappa shape index (κ3) is 3.89. The predicted octanol–water partition coefficient (Wildman–Crippen LogP) is 2.72. The van der Waals surface area contributed by atoms with E-state index in [0.717, 1.165) is 31.6 Å². The maximum atomic E-state index is 11.7. The fourth-order valence-corrected chi connectivity index (χ4v) is 2.63. The molecule has 0 bridgehead atoms. The van der Waals surface area contributed by atoms with Crippen LogP contribution in [0.15, 0.2) is 18.2 Å². The molecular weight excluding hydrogens is 264 g/mol. The Kier molecular flexibility index (Phi) is 5.12. The summed E-state index contributed by atoms with van der Waals surface area (Å²) in [6, 6.07) is 5.75. The van der Waals surface area contributed by atoms with Crippen LogP contribution in [0.4, 0.5) is 0 Å². The number of methoxy groups -OCH3 is 1. The van der Waals surface area contributed by atoms with E-state index < -0.39 is 0 Å². The second kappa shape index (κ2) is 6.67. The van der Waals surface area contributed by atoms with Gasteiger partial charge in [0.1, 0.15) is 5.69 Å². The van der Waals surface area contributed by atoms with Crippen LogP contribution in [0.1, 0.15) is 49.8 Å². The lowest BCUT2D eigenvalue weighted by molar-refractivity contribution is -0.0776. The number of Topliss-reactive ketones (excluding diaryl/α,β-unsaturated/α-hetero) is 1. The van der Waals surface area contributed by atoms with Crippen molar-refractivity contribution >= 4 is 5.78 Å². The number of rotatable bonds is 7. The molecule has 4 nitrogen and oxygen atoms in total. The number of pyridine rings is 1. The van der Waals surface area contributed by atoms with E-state index in [0.29, 0.717) is 18.2 Å². The quantitative estimate of drug-likeness (QED) is 0.724. The van der Waals surface area contributed by atoms with Crippen LogP contribution < -0.4 is 0 Å². The average molecular weight is 290 g/mol. The molecule has 0 unspecified atom stereocenters. The van der Waals surface area contributed by atoms with Gasteiger partial charge >= 0.3 is 0 Å². The van der Waals surface area contributed by atoms with Crippen LogP contribution in [0.5, 0.6) is 0 Å². The van der Waals surface area contributed by atoms with Crippen LogP contribution in [-0.4, -0.2) is 47.5 Å². The van der Waals surface area contributed by atoms with E-state index in [1.54, 1.807) is 13.2 Å². The fourth-order valence-electron chi connectivity index (χ4n) is 2.63. The maximum absolute atomic E-state index is 11.7. The van der Waals surface area contributed by atoms with Crippen LogP contribution >= 0.6 is 0 Å². The molecule has 0 N–H and O–H groups in total. The number of ketones is 1. The summed E-state index contributed by atoms with van der Waals surface area (Å²) in [6.07, 6.45) is 2.81. The molecule has 0 amide bonds. The second-order valence-electron chi connectivity index (χ2n) is 6.37. The highest BCUT2D eigenvalue weighted by Gasteiger charge is 2.36. The number of ether oxygens (including phenoxy) is 1. The largest absolute Gasteiger partial charge is 0.379 e.